The van der Waals surface area contributed by atoms with Crippen molar-refractivity contribution in [3.63, 3.8) is 0 Å². The van der Waals surface area contributed by atoms with Gasteiger partial charge in [-0.05, 0) is 30.7 Å². The smallest absolute Gasteiger partial charge is 0.318 e. The van der Waals surface area contributed by atoms with Gasteiger partial charge in [-0.15, -0.1) is 0 Å². The lowest BCUT2D eigenvalue weighted by molar-refractivity contribution is -0.121. The Morgan fingerprint density at radius 1 is 1.37 bits per heavy atom. The van der Waals surface area contributed by atoms with E-state index in [4.69, 9.17) is 11.5 Å². The van der Waals surface area contributed by atoms with Crippen LogP contribution in [0.3, 0.4) is 0 Å². The van der Waals surface area contributed by atoms with Crippen molar-refractivity contribution in [1.82, 2.24) is 10.2 Å². The van der Waals surface area contributed by atoms with Crippen LogP contribution in [0.15, 0.2) is 24.3 Å². The molecule has 1 aromatic rings. The third kappa shape index (κ3) is 5.87. The largest absolute Gasteiger partial charge is 0.399 e. The number of nitrogens with two attached hydrogens (primary N) is 2. The number of anilines is 1. The van der Waals surface area contributed by atoms with Gasteiger partial charge in [-0.25, -0.2) is 4.79 Å². The molecular weight excluding hydrogens is 244 g/mol. The summed E-state index contributed by atoms with van der Waals surface area (Å²) in [7, 11) is 0. The lowest BCUT2D eigenvalue weighted by Gasteiger charge is -2.20. The number of carbonyl (C=O) groups excluding carboxylic acids is 2. The molecule has 5 N–H and O–H groups in total. The Hall–Kier alpha value is -2.08. The molecule has 3 amide bonds. The van der Waals surface area contributed by atoms with Crippen molar-refractivity contribution in [3.05, 3.63) is 29.8 Å². The fourth-order valence-electron chi connectivity index (χ4n) is 1.86. The van der Waals surface area contributed by atoms with E-state index in [-0.39, 0.29) is 6.54 Å². The second-order valence-corrected chi connectivity index (χ2v) is 4.37. The summed E-state index contributed by atoms with van der Waals surface area (Å²) in [5, 5.41) is 2.06. The second kappa shape index (κ2) is 7.38. The summed E-state index contributed by atoms with van der Waals surface area (Å²) in [6, 6.07) is 6.68. The van der Waals surface area contributed by atoms with Crippen LogP contribution >= 0.6 is 0 Å². The van der Waals surface area contributed by atoms with Gasteiger partial charge in [0.25, 0.3) is 0 Å². The first-order valence-corrected chi connectivity index (χ1v) is 6.17. The van der Waals surface area contributed by atoms with Crippen molar-refractivity contribution < 1.29 is 9.59 Å². The highest BCUT2D eigenvalue weighted by atomic mass is 16.2. The molecule has 0 aromatic heterocycles. The van der Waals surface area contributed by atoms with Crippen molar-refractivity contribution in [3.8, 4) is 0 Å². The molecule has 0 fully saturated rings. The molecule has 0 bridgehead atoms. The van der Waals surface area contributed by atoms with E-state index < -0.39 is 11.9 Å². The number of amides is 3. The van der Waals surface area contributed by atoms with Gasteiger partial charge < -0.3 is 11.5 Å². The Morgan fingerprint density at radius 2 is 2.11 bits per heavy atom. The maximum absolute atomic E-state index is 11.5. The van der Waals surface area contributed by atoms with Crippen molar-refractivity contribution in [1.29, 1.82) is 0 Å². The Kier molecular flexibility index (Phi) is 5.81. The summed E-state index contributed by atoms with van der Waals surface area (Å²) in [6.07, 6.45) is 0.909. The van der Waals surface area contributed by atoms with Crippen LogP contribution in [-0.4, -0.2) is 29.9 Å². The highest BCUT2D eigenvalue weighted by Gasteiger charge is 2.12. The molecule has 0 aliphatic rings. The minimum absolute atomic E-state index is 0.131. The van der Waals surface area contributed by atoms with Crippen LogP contribution in [0.25, 0.3) is 0 Å². The van der Waals surface area contributed by atoms with E-state index in [0.717, 1.165) is 18.5 Å². The number of nitrogens with zero attached hydrogens (tertiary/aromatic N) is 1. The van der Waals surface area contributed by atoms with Crippen LogP contribution in [0.1, 0.15) is 18.9 Å². The zero-order chi connectivity index (χ0) is 14.3. The van der Waals surface area contributed by atoms with E-state index in [1.54, 1.807) is 0 Å². The third-order valence-electron chi connectivity index (χ3n) is 2.53. The number of nitrogens with one attached hydrogen (secondary N) is 1. The van der Waals surface area contributed by atoms with Gasteiger partial charge in [0, 0.05) is 12.2 Å². The fraction of sp³-hybridized carbons (Fsp3) is 0.385. The molecular formula is C13H20N4O2. The summed E-state index contributed by atoms with van der Waals surface area (Å²) < 4.78 is 0. The molecule has 6 heteroatoms. The maximum Gasteiger partial charge on any atom is 0.318 e. The van der Waals surface area contributed by atoms with Crippen LogP contribution in [0.2, 0.25) is 0 Å². The summed E-state index contributed by atoms with van der Waals surface area (Å²) in [5.41, 5.74) is 12.3. The molecule has 0 heterocycles. The lowest BCUT2D eigenvalue weighted by atomic mass is 10.2. The minimum atomic E-state index is -0.828. The third-order valence-corrected chi connectivity index (χ3v) is 2.53. The monoisotopic (exact) mass is 264 g/mol. The number of benzene rings is 1. The summed E-state index contributed by atoms with van der Waals surface area (Å²) >= 11 is 0. The molecule has 1 rings (SSSR count). The summed E-state index contributed by atoms with van der Waals surface area (Å²) in [4.78, 5) is 24.1. The van der Waals surface area contributed by atoms with Gasteiger partial charge in [0.15, 0.2) is 0 Å². The lowest BCUT2D eigenvalue weighted by Crippen LogP contribution is -2.42. The first kappa shape index (κ1) is 15.0. The van der Waals surface area contributed by atoms with Gasteiger partial charge in [0.1, 0.15) is 0 Å². The summed E-state index contributed by atoms with van der Waals surface area (Å²) in [5.74, 6) is -0.398. The molecule has 0 unspecified atom stereocenters. The van der Waals surface area contributed by atoms with Gasteiger partial charge in [-0.3, -0.25) is 15.0 Å². The molecule has 0 aliphatic carbocycles. The highest BCUT2D eigenvalue weighted by Crippen LogP contribution is 2.09. The molecule has 104 valence electrons. The Labute approximate surface area is 112 Å². The zero-order valence-corrected chi connectivity index (χ0v) is 11.1. The second-order valence-electron chi connectivity index (χ2n) is 4.37. The van der Waals surface area contributed by atoms with E-state index in [0.29, 0.717) is 12.2 Å². The summed E-state index contributed by atoms with van der Waals surface area (Å²) in [6.45, 7) is 3.51. The van der Waals surface area contributed by atoms with E-state index in [9.17, 15) is 9.59 Å². The molecule has 0 aliphatic heterocycles. The molecule has 1 aromatic carbocycles. The quantitative estimate of drug-likeness (QED) is 0.657. The van der Waals surface area contributed by atoms with Gasteiger partial charge in [-0.1, -0.05) is 19.1 Å². The molecule has 0 saturated carbocycles. The molecule has 19 heavy (non-hydrogen) atoms. The van der Waals surface area contributed by atoms with Crippen molar-refractivity contribution in [2.45, 2.75) is 19.9 Å². The Morgan fingerprint density at radius 3 is 2.68 bits per heavy atom. The average molecular weight is 264 g/mol. The number of urea groups is 1. The molecule has 0 spiro atoms. The van der Waals surface area contributed by atoms with E-state index in [1.807, 2.05) is 36.1 Å². The number of primary amides is 1. The van der Waals surface area contributed by atoms with Crippen molar-refractivity contribution in [2.24, 2.45) is 5.73 Å². The number of imide groups is 1. The topological polar surface area (TPSA) is 101 Å². The van der Waals surface area contributed by atoms with Crippen molar-refractivity contribution in [2.75, 3.05) is 18.8 Å². The molecule has 0 saturated heterocycles. The van der Waals surface area contributed by atoms with Crippen LogP contribution < -0.4 is 16.8 Å². The van der Waals surface area contributed by atoms with Gasteiger partial charge in [0.2, 0.25) is 5.91 Å². The van der Waals surface area contributed by atoms with Crippen LogP contribution in [0.4, 0.5) is 10.5 Å². The number of hydrogen-bond donors (Lipinski definition) is 3. The normalized spacial score (nSPS) is 10.4. The highest BCUT2D eigenvalue weighted by molar-refractivity contribution is 5.94. The molecule has 0 radical (unpaired) electrons. The predicted molar refractivity (Wildman–Crippen MR) is 74.1 cm³/mol. The first-order valence-electron chi connectivity index (χ1n) is 6.17. The average Bonchev–Trinajstić information content (AvgIpc) is 2.27. The number of rotatable bonds is 6. The van der Waals surface area contributed by atoms with E-state index >= 15 is 0 Å². The van der Waals surface area contributed by atoms with Gasteiger partial charge in [0.05, 0.1) is 6.54 Å². The fourth-order valence-corrected chi connectivity index (χ4v) is 1.86. The number of carbonyl (C=O) groups is 2. The van der Waals surface area contributed by atoms with Crippen LogP contribution in [-0.2, 0) is 11.3 Å². The van der Waals surface area contributed by atoms with E-state index in [2.05, 4.69) is 5.32 Å². The van der Waals surface area contributed by atoms with Gasteiger partial charge >= 0.3 is 6.03 Å². The Balaban J connectivity index is 2.62. The van der Waals surface area contributed by atoms with Crippen LogP contribution in [0, 0.1) is 0 Å². The Bertz CT molecular complexity index is 448. The van der Waals surface area contributed by atoms with Gasteiger partial charge in [-0.2, -0.15) is 0 Å². The zero-order valence-electron chi connectivity index (χ0n) is 11.1. The molecule has 6 nitrogen and oxygen atoms in total. The first-order chi connectivity index (χ1) is 9.01. The minimum Gasteiger partial charge on any atom is -0.399 e. The van der Waals surface area contributed by atoms with Crippen LogP contribution in [0.5, 0.6) is 0 Å². The SMILES string of the molecule is CCCN(CC(=O)NC(N)=O)Cc1cccc(N)c1. The molecule has 0 atom stereocenters. The van der Waals surface area contributed by atoms with E-state index in [1.165, 1.54) is 0 Å². The number of nitrogen functional groups attached to an aromatic ring is 1. The maximum atomic E-state index is 11.5. The predicted octanol–water partition coefficient (Wildman–Crippen LogP) is 0.676. The van der Waals surface area contributed by atoms with Crippen molar-refractivity contribution >= 4 is 17.6 Å². The number of hydrogen-bond acceptors (Lipinski definition) is 4. The standard InChI is InChI=1S/C13H20N4O2/c1-2-6-17(9-12(18)16-13(15)19)8-10-4-3-5-11(14)7-10/h3-5,7H,2,6,8-9,14H2,1H3,(H3,15,16,18,19).